The summed E-state index contributed by atoms with van der Waals surface area (Å²) in [5, 5.41) is 5.65. The predicted octanol–water partition coefficient (Wildman–Crippen LogP) is 1.87. The van der Waals surface area contributed by atoms with Crippen molar-refractivity contribution in [2.75, 3.05) is 82.9 Å². The quantitative estimate of drug-likeness (QED) is 0.449. The number of ether oxygens (including phenoxy) is 2. The van der Waals surface area contributed by atoms with E-state index in [0.717, 1.165) is 64.7 Å². The van der Waals surface area contributed by atoms with Gasteiger partial charge in [-0.1, -0.05) is 0 Å². The maximum Gasteiger partial charge on any atom is 0.260 e. The van der Waals surface area contributed by atoms with Gasteiger partial charge in [-0.15, -0.1) is 0 Å². The van der Waals surface area contributed by atoms with Crippen LogP contribution in [0.2, 0.25) is 0 Å². The molecular formula is C27H33N5O4. The molecule has 0 aliphatic carbocycles. The van der Waals surface area contributed by atoms with Gasteiger partial charge in [0.05, 0.1) is 18.8 Å². The second kappa shape index (κ2) is 11.1. The highest BCUT2D eigenvalue weighted by molar-refractivity contribution is 6.31. The molecule has 2 saturated heterocycles. The molecule has 2 aromatic rings. The number of likely N-dealkylation sites (N-methyl/N-ethyl adjacent to an activating group) is 1. The van der Waals surface area contributed by atoms with E-state index in [9.17, 15) is 9.59 Å². The first-order valence-electron chi connectivity index (χ1n) is 12.5. The van der Waals surface area contributed by atoms with Gasteiger partial charge in [0, 0.05) is 74.5 Å². The van der Waals surface area contributed by atoms with Crippen LogP contribution in [-0.2, 0) is 9.53 Å². The molecule has 0 aromatic heterocycles. The summed E-state index contributed by atoms with van der Waals surface area (Å²) in [4.78, 5) is 32.1. The van der Waals surface area contributed by atoms with Crippen molar-refractivity contribution in [1.82, 2.24) is 15.1 Å². The number of amides is 2. The molecule has 9 nitrogen and oxygen atoms in total. The molecule has 5 rings (SSSR count). The molecule has 190 valence electrons. The van der Waals surface area contributed by atoms with Crippen LogP contribution in [0, 0.1) is 0 Å². The number of piperazine rings is 1. The monoisotopic (exact) mass is 491 g/mol. The van der Waals surface area contributed by atoms with E-state index in [1.807, 2.05) is 12.1 Å². The fourth-order valence-electron chi connectivity index (χ4n) is 4.64. The fraction of sp³-hybridized carbons (Fsp3) is 0.407. The number of benzene rings is 2. The van der Waals surface area contributed by atoms with Crippen molar-refractivity contribution in [2.45, 2.75) is 0 Å². The van der Waals surface area contributed by atoms with Crippen LogP contribution >= 0.6 is 0 Å². The second-order valence-corrected chi connectivity index (χ2v) is 9.33. The van der Waals surface area contributed by atoms with E-state index in [1.165, 1.54) is 5.69 Å². The van der Waals surface area contributed by atoms with Gasteiger partial charge < -0.3 is 24.6 Å². The van der Waals surface area contributed by atoms with Crippen LogP contribution in [0.3, 0.4) is 0 Å². The van der Waals surface area contributed by atoms with Crippen LogP contribution in [0.1, 0.15) is 15.9 Å². The third-order valence-corrected chi connectivity index (χ3v) is 6.90. The fourth-order valence-corrected chi connectivity index (χ4v) is 4.64. The van der Waals surface area contributed by atoms with Gasteiger partial charge in [-0.25, -0.2) is 0 Å². The Morgan fingerprint density at radius 1 is 0.944 bits per heavy atom. The summed E-state index contributed by atoms with van der Waals surface area (Å²) in [6.07, 6.45) is 1.66. The summed E-state index contributed by atoms with van der Waals surface area (Å²) in [6, 6.07) is 13.4. The largest absolute Gasteiger partial charge is 0.492 e. The summed E-state index contributed by atoms with van der Waals surface area (Å²) >= 11 is 0. The van der Waals surface area contributed by atoms with E-state index in [2.05, 4.69) is 44.5 Å². The Hall–Kier alpha value is -3.40. The van der Waals surface area contributed by atoms with Crippen LogP contribution in [-0.4, -0.2) is 94.3 Å². The lowest BCUT2D eigenvalue weighted by atomic mass is 9.95. The molecule has 3 aliphatic heterocycles. The molecule has 3 heterocycles. The van der Waals surface area contributed by atoms with Gasteiger partial charge >= 0.3 is 0 Å². The number of nitrogens with one attached hydrogen (secondary N) is 2. The molecule has 0 atom stereocenters. The molecule has 36 heavy (non-hydrogen) atoms. The smallest absolute Gasteiger partial charge is 0.260 e. The predicted molar refractivity (Wildman–Crippen MR) is 139 cm³/mol. The normalized spacial score (nSPS) is 20.2. The first kappa shape index (κ1) is 24.3. The molecule has 0 radical (unpaired) electrons. The number of carbonyl (C=O) groups is 2. The van der Waals surface area contributed by atoms with Crippen LogP contribution in [0.5, 0.6) is 5.75 Å². The van der Waals surface area contributed by atoms with Crippen LogP contribution < -0.4 is 20.3 Å². The molecule has 0 bridgehead atoms. The van der Waals surface area contributed by atoms with E-state index >= 15 is 0 Å². The molecule has 9 heteroatoms. The number of hydrogen-bond donors (Lipinski definition) is 2. The summed E-state index contributed by atoms with van der Waals surface area (Å²) in [7, 11) is 2.14. The summed E-state index contributed by atoms with van der Waals surface area (Å²) in [5.74, 6) is -0.199. The van der Waals surface area contributed by atoms with E-state index < -0.39 is 11.8 Å². The highest BCUT2D eigenvalue weighted by Gasteiger charge is 2.28. The molecule has 3 aliphatic rings. The van der Waals surface area contributed by atoms with E-state index in [-0.39, 0.29) is 0 Å². The second-order valence-electron chi connectivity index (χ2n) is 9.33. The number of fused-ring (bicyclic) bond motifs is 1. The minimum Gasteiger partial charge on any atom is -0.492 e. The minimum absolute atomic E-state index is 0.395. The number of morpholine rings is 1. The Morgan fingerprint density at radius 2 is 1.69 bits per heavy atom. The maximum absolute atomic E-state index is 12.7. The van der Waals surface area contributed by atoms with Crippen molar-refractivity contribution < 1.29 is 19.1 Å². The molecule has 2 amide bonds. The zero-order valence-electron chi connectivity index (χ0n) is 20.7. The van der Waals surface area contributed by atoms with Crippen molar-refractivity contribution in [3.05, 3.63) is 59.8 Å². The SMILES string of the molecule is CN1CCN(c2ccc(NC=C3C(=O)NC(=O)c4ccc(OCCN5CCOCC5)cc43)cc2)CC1. The third kappa shape index (κ3) is 5.70. The Morgan fingerprint density at radius 3 is 2.44 bits per heavy atom. The Kier molecular flexibility index (Phi) is 7.50. The minimum atomic E-state index is -0.431. The number of anilines is 2. The first-order chi connectivity index (χ1) is 17.6. The third-order valence-electron chi connectivity index (χ3n) is 6.90. The number of rotatable bonds is 7. The van der Waals surface area contributed by atoms with Crippen LogP contribution in [0.15, 0.2) is 48.7 Å². The van der Waals surface area contributed by atoms with E-state index in [1.54, 1.807) is 24.4 Å². The average Bonchev–Trinajstić information content (AvgIpc) is 2.90. The van der Waals surface area contributed by atoms with Gasteiger partial charge in [-0.3, -0.25) is 19.8 Å². The highest BCUT2D eigenvalue weighted by Crippen LogP contribution is 2.29. The van der Waals surface area contributed by atoms with Crippen molar-refractivity contribution in [1.29, 1.82) is 0 Å². The summed E-state index contributed by atoms with van der Waals surface area (Å²) in [5.41, 5.74) is 3.46. The number of carbonyl (C=O) groups excluding carboxylic acids is 2. The Bertz CT molecular complexity index is 1120. The van der Waals surface area contributed by atoms with Crippen molar-refractivity contribution in [3.8, 4) is 5.75 Å². The standard InChI is InChI=1S/C27H33N5O4/c1-30-8-10-32(11-9-30)21-4-2-20(3-5-21)28-19-25-24-18-22(6-7-23(24)26(33)29-27(25)34)36-17-14-31-12-15-35-16-13-31/h2-7,18-19,28H,8-17H2,1H3,(H,29,33,34). The lowest BCUT2D eigenvalue weighted by Gasteiger charge is -2.34. The van der Waals surface area contributed by atoms with Crippen molar-refractivity contribution in [2.24, 2.45) is 0 Å². The summed E-state index contributed by atoms with van der Waals surface area (Å²) < 4.78 is 11.3. The molecule has 2 aromatic carbocycles. The van der Waals surface area contributed by atoms with Gasteiger partial charge in [0.2, 0.25) is 0 Å². The molecular weight excluding hydrogens is 458 g/mol. The molecule has 2 N–H and O–H groups in total. The van der Waals surface area contributed by atoms with Gasteiger partial charge in [0.25, 0.3) is 11.8 Å². The van der Waals surface area contributed by atoms with Crippen LogP contribution in [0.25, 0.3) is 5.57 Å². The zero-order chi connectivity index (χ0) is 24.9. The summed E-state index contributed by atoms with van der Waals surface area (Å²) in [6.45, 7) is 8.74. The lowest BCUT2D eigenvalue weighted by molar-refractivity contribution is -0.114. The zero-order valence-corrected chi connectivity index (χ0v) is 20.7. The highest BCUT2D eigenvalue weighted by atomic mass is 16.5. The molecule has 0 saturated carbocycles. The van der Waals surface area contributed by atoms with Gasteiger partial charge in [0.15, 0.2) is 0 Å². The van der Waals surface area contributed by atoms with Crippen molar-refractivity contribution >= 4 is 28.8 Å². The number of hydrogen-bond acceptors (Lipinski definition) is 8. The first-order valence-corrected chi connectivity index (χ1v) is 12.5. The van der Waals surface area contributed by atoms with Crippen LogP contribution in [0.4, 0.5) is 11.4 Å². The lowest BCUT2D eigenvalue weighted by Crippen LogP contribution is -2.44. The van der Waals surface area contributed by atoms with Gasteiger partial charge in [-0.05, 0) is 49.5 Å². The van der Waals surface area contributed by atoms with Crippen molar-refractivity contribution in [3.63, 3.8) is 0 Å². The average molecular weight is 492 g/mol. The molecule has 0 unspecified atom stereocenters. The topological polar surface area (TPSA) is 86.4 Å². The maximum atomic E-state index is 12.7. The van der Waals surface area contributed by atoms with Gasteiger partial charge in [0.1, 0.15) is 12.4 Å². The van der Waals surface area contributed by atoms with E-state index in [0.29, 0.717) is 29.1 Å². The Balaban J connectivity index is 1.27. The number of nitrogens with zero attached hydrogens (tertiary/aromatic N) is 3. The van der Waals surface area contributed by atoms with Gasteiger partial charge in [-0.2, -0.15) is 0 Å². The Labute approximate surface area is 211 Å². The molecule has 2 fully saturated rings. The van der Waals surface area contributed by atoms with E-state index in [4.69, 9.17) is 9.47 Å². The number of imide groups is 1. The molecule has 0 spiro atoms.